The summed E-state index contributed by atoms with van der Waals surface area (Å²) in [7, 11) is 0. The fraction of sp³-hybridized carbons (Fsp3) is 0.0645. The maximum atomic E-state index is 13.1. The fourth-order valence-electron chi connectivity index (χ4n) is 4.18. The van der Waals surface area contributed by atoms with Crippen molar-refractivity contribution in [3.05, 3.63) is 109 Å². The molecule has 2 heterocycles. The molecular weight excluding hydrogens is 604 g/mol. The Morgan fingerprint density at radius 3 is 2.16 bits per heavy atom. The van der Waals surface area contributed by atoms with E-state index in [0.29, 0.717) is 22.4 Å². The third-order valence-corrected chi connectivity index (χ3v) is 9.21. The van der Waals surface area contributed by atoms with Crippen LogP contribution in [0.25, 0.3) is 27.3 Å². The predicted molar refractivity (Wildman–Crippen MR) is 172 cm³/mol. The van der Waals surface area contributed by atoms with Gasteiger partial charge in [-0.3, -0.25) is 14.2 Å². The molecule has 0 fully saturated rings. The first kappa shape index (κ1) is 28.6. The van der Waals surface area contributed by atoms with Crippen LogP contribution in [-0.2, 0) is 9.59 Å². The third kappa shape index (κ3) is 7.11. The molecule has 12 heteroatoms. The van der Waals surface area contributed by atoms with Crippen molar-refractivity contribution >= 4 is 68.3 Å². The Kier molecular flexibility index (Phi) is 8.77. The molecule has 0 bridgehead atoms. The van der Waals surface area contributed by atoms with Crippen LogP contribution >= 0.6 is 34.9 Å². The van der Waals surface area contributed by atoms with Crippen molar-refractivity contribution in [1.82, 2.24) is 19.7 Å². The zero-order valence-electron chi connectivity index (χ0n) is 22.4. The number of amides is 2. The van der Waals surface area contributed by atoms with E-state index in [4.69, 9.17) is 0 Å². The number of para-hydroxylation sites is 1. The average molecular weight is 627 g/mol. The minimum absolute atomic E-state index is 0.144. The van der Waals surface area contributed by atoms with Crippen LogP contribution in [0.5, 0.6) is 0 Å². The van der Waals surface area contributed by atoms with Crippen LogP contribution in [-0.4, -0.2) is 43.1 Å². The van der Waals surface area contributed by atoms with Gasteiger partial charge in [-0.1, -0.05) is 72.1 Å². The molecule has 2 N–H and O–H groups in total. The van der Waals surface area contributed by atoms with Crippen LogP contribution < -0.4 is 10.6 Å². The number of halogens is 1. The third-order valence-electron chi connectivity index (χ3n) is 6.12. The first-order chi connectivity index (χ1) is 21.0. The number of hydrogen-bond acceptors (Lipinski definition) is 8. The Hall–Kier alpha value is -4.52. The highest BCUT2D eigenvalue weighted by molar-refractivity contribution is 8.01. The minimum atomic E-state index is -0.360. The van der Waals surface area contributed by atoms with Crippen LogP contribution in [0.15, 0.2) is 113 Å². The Morgan fingerprint density at radius 1 is 0.767 bits per heavy atom. The number of thiazole rings is 1. The number of nitrogens with one attached hydrogen (secondary N) is 2. The summed E-state index contributed by atoms with van der Waals surface area (Å²) in [5.41, 5.74) is 3.81. The Morgan fingerprint density at radius 2 is 1.42 bits per heavy atom. The second kappa shape index (κ2) is 13.2. The first-order valence-electron chi connectivity index (χ1n) is 13.1. The lowest BCUT2D eigenvalue weighted by molar-refractivity contribution is -0.114. The molecule has 8 nitrogen and oxygen atoms in total. The van der Waals surface area contributed by atoms with E-state index >= 15 is 0 Å². The van der Waals surface area contributed by atoms with E-state index in [0.717, 1.165) is 25.8 Å². The number of aromatic nitrogens is 4. The predicted octanol–water partition coefficient (Wildman–Crippen LogP) is 7.14. The second-order valence-corrected chi connectivity index (χ2v) is 12.4. The van der Waals surface area contributed by atoms with Gasteiger partial charge in [0.2, 0.25) is 11.8 Å². The van der Waals surface area contributed by atoms with Gasteiger partial charge in [0.1, 0.15) is 5.82 Å². The lowest BCUT2D eigenvalue weighted by Gasteiger charge is -2.10. The average Bonchev–Trinajstić information content (AvgIpc) is 3.65. The van der Waals surface area contributed by atoms with Gasteiger partial charge in [-0.25, -0.2) is 9.37 Å². The van der Waals surface area contributed by atoms with Gasteiger partial charge in [0.25, 0.3) is 0 Å². The zero-order chi connectivity index (χ0) is 29.6. The SMILES string of the molecule is O=C(CSc1nc2ccc(NC(=O)CSc3nnc(-c4ccccc4)n3-c3ccccc3)cc2s1)Nc1ccc(F)cc1. The highest BCUT2D eigenvalue weighted by Crippen LogP contribution is 2.32. The fourth-order valence-corrected chi connectivity index (χ4v) is 6.83. The van der Waals surface area contributed by atoms with Crippen LogP contribution in [0.1, 0.15) is 0 Å². The van der Waals surface area contributed by atoms with E-state index in [-0.39, 0.29) is 29.1 Å². The van der Waals surface area contributed by atoms with Gasteiger partial charge < -0.3 is 10.6 Å². The molecule has 0 saturated heterocycles. The molecule has 0 spiro atoms. The number of benzene rings is 4. The van der Waals surface area contributed by atoms with Crippen LogP contribution in [0, 0.1) is 5.82 Å². The van der Waals surface area contributed by atoms with Gasteiger partial charge in [0.15, 0.2) is 15.3 Å². The van der Waals surface area contributed by atoms with Crippen LogP contribution in [0.4, 0.5) is 15.8 Å². The molecule has 2 aromatic heterocycles. The number of anilines is 2. The van der Waals surface area contributed by atoms with Gasteiger partial charge in [0.05, 0.1) is 21.7 Å². The number of hydrogen-bond donors (Lipinski definition) is 2. The highest BCUT2D eigenvalue weighted by Gasteiger charge is 2.17. The summed E-state index contributed by atoms with van der Waals surface area (Å²) in [6.07, 6.45) is 0. The largest absolute Gasteiger partial charge is 0.325 e. The Bertz CT molecular complexity index is 1880. The summed E-state index contributed by atoms with van der Waals surface area (Å²) in [6.45, 7) is 0. The number of carbonyl (C=O) groups is 2. The lowest BCUT2D eigenvalue weighted by atomic mass is 10.2. The second-order valence-electron chi connectivity index (χ2n) is 9.19. The first-order valence-corrected chi connectivity index (χ1v) is 15.9. The topological polar surface area (TPSA) is 102 Å². The van der Waals surface area contributed by atoms with E-state index in [1.165, 1.54) is 59.1 Å². The van der Waals surface area contributed by atoms with Crippen molar-refractivity contribution in [1.29, 1.82) is 0 Å². The van der Waals surface area contributed by atoms with E-state index in [9.17, 15) is 14.0 Å². The van der Waals surface area contributed by atoms with Crippen molar-refractivity contribution in [3.8, 4) is 17.1 Å². The molecule has 0 saturated carbocycles. The highest BCUT2D eigenvalue weighted by atomic mass is 32.2. The van der Waals surface area contributed by atoms with Gasteiger partial charge in [-0.15, -0.1) is 21.5 Å². The summed E-state index contributed by atoms with van der Waals surface area (Å²) in [5.74, 6) is 0.265. The van der Waals surface area contributed by atoms with Crippen molar-refractivity contribution < 1.29 is 14.0 Å². The van der Waals surface area contributed by atoms with E-state index in [1.54, 1.807) is 6.07 Å². The molecular formula is C31H23FN6O2S3. The molecule has 0 radical (unpaired) electrons. The summed E-state index contributed by atoms with van der Waals surface area (Å²) < 4.78 is 16.7. The molecule has 2 amide bonds. The van der Waals surface area contributed by atoms with Crippen molar-refractivity contribution in [2.45, 2.75) is 9.50 Å². The maximum Gasteiger partial charge on any atom is 0.234 e. The van der Waals surface area contributed by atoms with E-state index in [2.05, 4.69) is 25.8 Å². The summed E-state index contributed by atoms with van der Waals surface area (Å²) in [5, 5.41) is 15.1. The monoisotopic (exact) mass is 626 g/mol. The van der Waals surface area contributed by atoms with Crippen molar-refractivity contribution in [2.75, 3.05) is 22.1 Å². The molecule has 43 heavy (non-hydrogen) atoms. The number of nitrogens with zero attached hydrogens (tertiary/aromatic N) is 4. The van der Waals surface area contributed by atoms with Crippen molar-refractivity contribution in [3.63, 3.8) is 0 Å². The zero-order valence-corrected chi connectivity index (χ0v) is 24.9. The van der Waals surface area contributed by atoms with E-state index in [1.807, 2.05) is 77.4 Å². The Balaban J connectivity index is 1.08. The number of fused-ring (bicyclic) bond motifs is 1. The van der Waals surface area contributed by atoms with Crippen molar-refractivity contribution in [2.24, 2.45) is 0 Å². The van der Waals surface area contributed by atoms with Crippen LogP contribution in [0.2, 0.25) is 0 Å². The Labute approximate surface area is 258 Å². The normalized spacial score (nSPS) is 11.0. The standard InChI is InChI=1S/C31H23FN6O2S3/c32-21-11-13-22(14-12-21)33-28(40)19-42-31-35-25-16-15-23(17-26(25)43-31)34-27(39)18-41-30-37-36-29(20-7-3-1-4-8-20)38(30)24-9-5-2-6-10-24/h1-17H,18-19H2,(H,33,40)(H,34,39). The number of thioether (sulfide) groups is 2. The van der Waals surface area contributed by atoms with E-state index < -0.39 is 0 Å². The summed E-state index contributed by atoms with van der Waals surface area (Å²) >= 11 is 4.07. The maximum absolute atomic E-state index is 13.1. The van der Waals surface area contributed by atoms with Crippen LogP contribution in [0.3, 0.4) is 0 Å². The molecule has 6 aromatic rings. The number of rotatable bonds is 10. The molecule has 0 atom stereocenters. The summed E-state index contributed by atoms with van der Waals surface area (Å²) in [6, 6.07) is 30.8. The molecule has 0 aliphatic rings. The van der Waals surface area contributed by atoms with Gasteiger partial charge in [-0.05, 0) is 54.6 Å². The molecule has 6 rings (SSSR count). The molecule has 0 aliphatic heterocycles. The molecule has 4 aromatic carbocycles. The lowest BCUT2D eigenvalue weighted by Crippen LogP contribution is -2.14. The molecule has 0 aliphatic carbocycles. The smallest absolute Gasteiger partial charge is 0.234 e. The summed E-state index contributed by atoms with van der Waals surface area (Å²) in [4.78, 5) is 29.8. The van der Waals surface area contributed by atoms with Gasteiger partial charge in [-0.2, -0.15) is 0 Å². The molecule has 0 unspecified atom stereocenters. The molecule has 214 valence electrons. The van der Waals surface area contributed by atoms with Gasteiger partial charge in [0, 0.05) is 22.6 Å². The van der Waals surface area contributed by atoms with Gasteiger partial charge >= 0.3 is 0 Å². The number of carbonyl (C=O) groups excluding carboxylic acids is 2. The quantitative estimate of drug-likeness (QED) is 0.156. The minimum Gasteiger partial charge on any atom is -0.325 e.